The lowest BCUT2D eigenvalue weighted by atomic mass is 10.00. The molecule has 2 aliphatic heterocycles. The summed E-state index contributed by atoms with van der Waals surface area (Å²) >= 11 is 6.95. The van der Waals surface area contributed by atoms with E-state index in [1.165, 1.54) is 12.7 Å². The fourth-order valence-corrected chi connectivity index (χ4v) is 4.61. The SMILES string of the molecule is COc1ccc(/C=C2\SC(=O)N(CC(=O)N3CCc4ccccc4C3)C2=O)cc1Cl. The van der Waals surface area contributed by atoms with Crippen LogP contribution in [0.4, 0.5) is 4.79 Å². The third-order valence-corrected chi connectivity index (χ3v) is 6.33. The molecular weight excluding hydrogens is 424 g/mol. The van der Waals surface area contributed by atoms with Crippen LogP contribution in [0.5, 0.6) is 5.75 Å². The van der Waals surface area contributed by atoms with Gasteiger partial charge in [-0.2, -0.15) is 0 Å². The smallest absolute Gasteiger partial charge is 0.294 e. The molecule has 154 valence electrons. The molecule has 3 amide bonds. The van der Waals surface area contributed by atoms with Gasteiger partial charge in [-0.05, 0) is 53.1 Å². The lowest BCUT2D eigenvalue weighted by molar-refractivity contribution is -0.136. The van der Waals surface area contributed by atoms with Crippen LogP contribution in [0.25, 0.3) is 6.08 Å². The van der Waals surface area contributed by atoms with Crippen LogP contribution in [0.15, 0.2) is 47.4 Å². The zero-order valence-corrected chi connectivity index (χ0v) is 17.8. The van der Waals surface area contributed by atoms with Gasteiger partial charge >= 0.3 is 0 Å². The molecule has 2 aromatic rings. The van der Waals surface area contributed by atoms with E-state index in [1.807, 2.05) is 18.2 Å². The highest BCUT2D eigenvalue weighted by atomic mass is 35.5. The highest BCUT2D eigenvalue weighted by molar-refractivity contribution is 8.18. The Bertz CT molecular complexity index is 1070. The third-order valence-electron chi connectivity index (χ3n) is 5.12. The van der Waals surface area contributed by atoms with Gasteiger partial charge < -0.3 is 9.64 Å². The maximum atomic E-state index is 12.8. The average molecular weight is 443 g/mol. The van der Waals surface area contributed by atoms with Crippen LogP contribution in [0.2, 0.25) is 5.02 Å². The normalized spacial score (nSPS) is 17.5. The minimum absolute atomic E-state index is 0.236. The van der Waals surface area contributed by atoms with Crippen LogP contribution in [-0.4, -0.2) is 47.1 Å². The summed E-state index contributed by atoms with van der Waals surface area (Å²) in [5, 5.41) is -0.0392. The van der Waals surface area contributed by atoms with Gasteiger partial charge in [0, 0.05) is 13.1 Å². The largest absolute Gasteiger partial charge is 0.495 e. The van der Waals surface area contributed by atoms with Gasteiger partial charge in [0.05, 0.1) is 17.0 Å². The number of nitrogens with zero attached hydrogens (tertiary/aromatic N) is 2. The second kappa shape index (κ2) is 8.53. The van der Waals surface area contributed by atoms with Gasteiger partial charge in [-0.1, -0.05) is 41.9 Å². The third kappa shape index (κ3) is 4.08. The molecule has 0 atom stereocenters. The molecule has 4 rings (SSSR count). The van der Waals surface area contributed by atoms with Gasteiger partial charge in [-0.25, -0.2) is 0 Å². The van der Waals surface area contributed by atoms with Crippen molar-refractivity contribution < 1.29 is 19.1 Å². The van der Waals surface area contributed by atoms with Gasteiger partial charge in [-0.3, -0.25) is 19.3 Å². The van der Waals surface area contributed by atoms with Gasteiger partial charge in [0.15, 0.2) is 0 Å². The van der Waals surface area contributed by atoms with E-state index < -0.39 is 11.1 Å². The highest BCUT2D eigenvalue weighted by Gasteiger charge is 2.37. The van der Waals surface area contributed by atoms with Crippen molar-refractivity contribution in [2.45, 2.75) is 13.0 Å². The number of rotatable bonds is 4. The summed E-state index contributed by atoms with van der Waals surface area (Å²) in [4.78, 5) is 40.8. The quantitative estimate of drug-likeness (QED) is 0.670. The molecule has 2 aliphatic rings. The second-order valence-electron chi connectivity index (χ2n) is 7.00. The summed E-state index contributed by atoms with van der Waals surface area (Å²) in [5.41, 5.74) is 3.00. The summed E-state index contributed by atoms with van der Waals surface area (Å²) in [7, 11) is 1.52. The predicted octanol–water partition coefficient (Wildman–Crippen LogP) is 3.97. The first-order chi connectivity index (χ1) is 14.5. The maximum absolute atomic E-state index is 12.8. The molecule has 2 heterocycles. The minimum Gasteiger partial charge on any atom is -0.495 e. The van der Waals surface area contributed by atoms with Gasteiger partial charge in [0.2, 0.25) is 5.91 Å². The van der Waals surface area contributed by atoms with E-state index in [2.05, 4.69) is 6.07 Å². The number of carbonyl (C=O) groups excluding carboxylic acids is 3. The number of hydrogen-bond donors (Lipinski definition) is 0. The lowest BCUT2D eigenvalue weighted by Gasteiger charge is -2.29. The Balaban J connectivity index is 1.45. The molecule has 30 heavy (non-hydrogen) atoms. The van der Waals surface area contributed by atoms with Crippen molar-refractivity contribution in [3.8, 4) is 5.75 Å². The van der Waals surface area contributed by atoms with Crippen molar-refractivity contribution in [2.75, 3.05) is 20.2 Å². The summed E-state index contributed by atoms with van der Waals surface area (Å²) in [6, 6.07) is 13.1. The Morgan fingerprint density at radius 1 is 1.20 bits per heavy atom. The standard InChI is InChI=1S/C22H19ClN2O4S/c1-29-18-7-6-14(10-17(18)23)11-19-21(27)25(22(28)30-19)13-20(26)24-9-8-15-4-2-3-5-16(15)12-24/h2-7,10-11H,8-9,12-13H2,1H3/b19-11-. The number of hydrogen-bond acceptors (Lipinski definition) is 5. The van der Waals surface area contributed by atoms with Crippen LogP contribution in [0, 0.1) is 0 Å². The van der Waals surface area contributed by atoms with Crippen molar-refractivity contribution in [1.82, 2.24) is 9.80 Å². The first kappa shape index (κ1) is 20.5. The topological polar surface area (TPSA) is 66.9 Å². The van der Waals surface area contributed by atoms with E-state index in [-0.39, 0.29) is 17.4 Å². The number of benzene rings is 2. The number of methoxy groups -OCH3 is 1. The van der Waals surface area contributed by atoms with E-state index in [4.69, 9.17) is 16.3 Å². The molecule has 6 nitrogen and oxygen atoms in total. The Labute approximate surface area is 183 Å². The Morgan fingerprint density at radius 3 is 2.70 bits per heavy atom. The van der Waals surface area contributed by atoms with E-state index in [1.54, 1.807) is 29.2 Å². The van der Waals surface area contributed by atoms with Crippen LogP contribution in [-0.2, 0) is 22.6 Å². The van der Waals surface area contributed by atoms with Crippen LogP contribution < -0.4 is 4.74 Å². The molecule has 8 heteroatoms. The first-order valence-corrected chi connectivity index (χ1v) is 10.6. The lowest BCUT2D eigenvalue weighted by Crippen LogP contribution is -2.44. The van der Waals surface area contributed by atoms with Crippen molar-refractivity contribution >= 4 is 46.5 Å². The molecule has 0 aliphatic carbocycles. The van der Waals surface area contributed by atoms with Crippen molar-refractivity contribution in [2.24, 2.45) is 0 Å². The number of amides is 3. The average Bonchev–Trinajstić information content (AvgIpc) is 3.00. The van der Waals surface area contributed by atoms with Crippen molar-refractivity contribution in [3.05, 3.63) is 69.1 Å². The van der Waals surface area contributed by atoms with E-state index in [9.17, 15) is 14.4 Å². The number of halogens is 1. The van der Waals surface area contributed by atoms with Crippen LogP contribution >= 0.6 is 23.4 Å². The summed E-state index contributed by atoms with van der Waals surface area (Å²) < 4.78 is 5.12. The predicted molar refractivity (Wildman–Crippen MR) is 116 cm³/mol. The first-order valence-electron chi connectivity index (χ1n) is 9.39. The summed E-state index contributed by atoms with van der Waals surface area (Å²) in [6.45, 7) is 0.811. The molecular formula is C22H19ClN2O4S. The van der Waals surface area contributed by atoms with E-state index >= 15 is 0 Å². The highest BCUT2D eigenvalue weighted by Crippen LogP contribution is 2.34. The summed E-state index contributed by atoms with van der Waals surface area (Å²) in [5.74, 6) is -0.182. The van der Waals surface area contributed by atoms with Gasteiger partial charge in [0.1, 0.15) is 12.3 Å². The molecule has 0 radical (unpaired) electrons. The number of imide groups is 1. The Kier molecular flexibility index (Phi) is 5.83. The summed E-state index contributed by atoms with van der Waals surface area (Å²) in [6.07, 6.45) is 2.36. The molecule has 0 bridgehead atoms. The van der Waals surface area contributed by atoms with Crippen molar-refractivity contribution in [1.29, 1.82) is 0 Å². The zero-order valence-electron chi connectivity index (χ0n) is 16.3. The van der Waals surface area contributed by atoms with Crippen LogP contribution in [0.1, 0.15) is 16.7 Å². The molecule has 0 saturated carbocycles. The molecule has 1 saturated heterocycles. The van der Waals surface area contributed by atoms with Crippen molar-refractivity contribution in [3.63, 3.8) is 0 Å². The molecule has 0 aromatic heterocycles. The minimum atomic E-state index is -0.470. The number of thioether (sulfide) groups is 1. The maximum Gasteiger partial charge on any atom is 0.294 e. The van der Waals surface area contributed by atoms with E-state index in [0.29, 0.717) is 29.4 Å². The molecule has 0 unspecified atom stereocenters. The second-order valence-corrected chi connectivity index (χ2v) is 8.40. The Morgan fingerprint density at radius 2 is 1.97 bits per heavy atom. The monoisotopic (exact) mass is 442 g/mol. The molecule has 1 fully saturated rings. The zero-order chi connectivity index (χ0) is 21.3. The van der Waals surface area contributed by atoms with Gasteiger partial charge in [-0.15, -0.1) is 0 Å². The van der Waals surface area contributed by atoms with E-state index in [0.717, 1.165) is 28.6 Å². The number of carbonyl (C=O) groups is 3. The fraction of sp³-hybridized carbons (Fsp3) is 0.227. The number of fused-ring (bicyclic) bond motifs is 1. The number of ether oxygens (including phenoxy) is 1. The fourth-order valence-electron chi connectivity index (χ4n) is 3.50. The molecule has 0 N–H and O–H groups in total. The molecule has 2 aromatic carbocycles. The van der Waals surface area contributed by atoms with Gasteiger partial charge in [0.25, 0.3) is 11.1 Å². The van der Waals surface area contributed by atoms with Crippen LogP contribution in [0.3, 0.4) is 0 Å². The molecule has 0 spiro atoms. The Hall–Kier alpha value is -2.77.